The van der Waals surface area contributed by atoms with Gasteiger partial charge in [0.15, 0.2) is 5.78 Å². The number of carbonyl (C=O) groups is 1. The number of hydrogen-bond acceptors (Lipinski definition) is 1. The van der Waals surface area contributed by atoms with E-state index in [4.69, 9.17) is 11.6 Å². The smallest absolute Gasteiger partial charge is 0.162 e. The van der Waals surface area contributed by atoms with Crippen LogP contribution < -0.4 is 0 Å². The summed E-state index contributed by atoms with van der Waals surface area (Å²) in [6.07, 6.45) is 5.97. The molecular formula is C12H17ClO. The summed E-state index contributed by atoms with van der Waals surface area (Å²) in [6, 6.07) is 0. The minimum absolute atomic E-state index is 0.154. The highest BCUT2D eigenvalue weighted by atomic mass is 35.5. The number of hydrogen-bond donors (Lipinski definition) is 0. The molecule has 0 radical (unpaired) electrons. The molecule has 2 heteroatoms. The molecule has 0 unspecified atom stereocenters. The van der Waals surface area contributed by atoms with Crippen molar-refractivity contribution in [3.05, 3.63) is 34.4 Å². The Balaban J connectivity index is 4.91. The number of allylic oxidation sites excluding steroid dienone is 6. The molecule has 0 saturated carbocycles. The molecule has 0 atom stereocenters. The van der Waals surface area contributed by atoms with E-state index in [0.29, 0.717) is 11.5 Å². The molecule has 0 bridgehead atoms. The molecule has 0 aromatic heterocycles. The number of carbonyl (C=O) groups excluding carboxylic acids is 1. The van der Waals surface area contributed by atoms with Crippen molar-refractivity contribution in [3.8, 4) is 0 Å². The lowest BCUT2D eigenvalue weighted by molar-refractivity contribution is -0.115. The average Bonchev–Trinajstić information content (AvgIpc) is 2.18. The Morgan fingerprint density at radius 3 is 2.21 bits per heavy atom. The van der Waals surface area contributed by atoms with Crippen LogP contribution in [0.4, 0.5) is 0 Å². The first-order chi connectivity index (χ1) is 6.56. The average molecular weight is 213 g/mol. The largest absolute Gasteiger partial charge is 0.294 e. The fraction of sp³-hybridized carbons (Fsp3) is 0.417. The lowest BCUT2D eigenvalue weighted by Gasteiger charge is -2.04. The van der Waals surface area contributed by atoms with Gasteiger partial charge in [0.2, 0.25) is 0 Å². The third-order valence-electron chi connectivity index (χ3n) is 1.97. The molecule has 0 fully saturated rings. The van der Waals surface area contributed by atoms with Crippen LogP contribution in [0.1, 0.15) is 34.1 Å². The van der Waals surface area contributed by atoms with Crippen LogP contribution in [0, 0.1) is 0 Å². The predicted molar refractivity (Wildman–Crippen MR) is 62.4 cm³/mol. The van der Waals surface area contributed by atoms with Gasteiger partial charge < -0.3 is 0 Å². The van der Waals surface area contributed by atoms with Crippen molar-refractivity contribution in [2.45, 2.75) is 34.1 Å². The molecule has 14 heavy (non-hydrogen) atoms. The monoisotopic (exact) mass is 212 g/mol. The number of ketones is 1. The van der Waals surface area contributed by atoms with Crippen LogP contribution >= 0.6 is 11.6 Å². The van der Waals surface area contributed by atoms with E-state index in [0.717, 1.165) is 11.1 Å². The van der Waals surface area contributed by atoms with Gasteiger partial charge in [-0.1, -0.05) is 30.7 Å². The Morgan fingerprint density at radius 1 is 1.29 bits per heavy atom. The van der Waals surface area contributed by atoms with Crippen molar-refractivity contribution in [3.63, 3.8) is 0 Å². The number of Topliss-reactive ketones (excluding diaryl/α,β-unsaturated/α-hetero) is 1. The third kappa shape index (κ3) is 3.93. The Kier molecular flexibility index (Phi) is 6.22. The maximum atomic E-state index is 11.5. The molecule has 0 spiro atoms. The molecule has 0 heterocycles. The molecular weight excluding hydrogens is 196 g/mol. The second kappa shape index (κ2) is 6.61. The molecule has 0 aliphatic rings. The quantitative estimate of drug-likeness (QED) is 0.509. The van der Waals surface area contributed by atoms with Crippen LogP contribution in [0.5, 0.6) is 0 Å². The predicted octanol–water partition coefficient (Wildman–Crippen LogP) is 4.00. The van der Waals surface area contributed by atoms with Crippen LogP contribution in [0.25, 0.3) is 0 Å². The fourth-order valence-electron chi connectivity index (χ4n) is 1.17. The van der Waals surface area contributed by atoms with Gasteiger partial charge in [0, 0.05) is 17.0 Å². The molecule has 0 N–H and O–H groups in total. The lowest BCUT2D eigenvalue weighted by Crippen LogP contribution is -2.01. The van der Waals surface area contributed by atoms with Gasteiger partial charge in [-0.15, -0.1) is 0 Å². The van der Waals surface area contributed by atoms with Gasteiger partial charge in [0.05, 0.1) is 0 Å². The second-order valence-corrected chi connectivity index (χ2v) is 3.42. The first-order valence-corrected chi connectivity index (χ1v) is 5.14. The van der Waals surface area contributed by atoms with Crippen molar-refractivity contribution in [1.82, 2.24) is 0 Å². The zero-order valence-electron chi connectivity index (χ0n) is 9.23. The van der Waals surface area contributed by atoms with Gasteiger partial charge in [-0.3, -0.25) is 4.79 Å². The van der Waals surface area contributed by atoms with Gasteiger partial charge in [0.1, 0.15) is 0 Å². The Hall–Kier alpha value is -0.820. The van der Waals surface area contributed by atoms with E-state index in [-0.39, 0.29) is 5.78 Å². The first kappa shape index (κ1) is 13.2. The van der Waals surface area contributed by atoms with Crippen LogP contribution in [0.2, 0.25) is 0 Å². The molecule has 0 aromatic carbocycles. The maximum absolute atomic E-state index is 11.5. The highest BCUT2D eigenvalue weighted by Gasteiger charge is 2.07. The van der Waals surface area contributed by atoms with Crippen molar-refractivity contribution in [2.24, 2.45) is 0 Å². The molecule has 0 rings (SSSR count). The summed E-state index contributed by atoms with van der Waals surface area (Å²) >= 11 is 5.86. The Bertz CT molecular complexity index is 295. The first-order valence-electron chi connectivity index (χ1n) is 4.76. The van der Waals surface area contributed by atoms with Crippen LogP contribution in [0.3, 0.4) is 0 Å². The van der Waals surface area contributed by atoms with Crippen LogP contribution in [-0.2, 0) is 4.79 Å². The molecule has 0 aromatic rings. The van der Waals surface area contributed by atoms with Gasteiger partial charge >= 0.3 is 0 Å². The zero-order chi connectivity index (χ0) is 11.1. The summed E-state index contributed by atoms with van der Waals surface area (Å²) < 4.78 is 0. The summed E-state index contributed by atoms with van der Waals surface area (Å²) in [5.41, 5.74) is 1.68. The van der Waals surface area contributed by atoms with Crippen molar-refractivity contribution in [2.75, 3.05) is 0 Å². The normalized spacial score (nSPS) is 14.5. The van der Waals surface area contributed by atoms with Gasteiger partial charge in [-0.05, 0) is 32.4 Å². The van der Waals surface area contributed by atoms with Gasteiger partial charge in [-0.25, -0.2) is 0 Å². The molecule has 0 aliphatic heterocycles. The molecule has 78 valence electrons. The summed E-state index contributed by atoms with van der Waals surface area (Å²) in [7, 11) is 0. The minimum atomic E-state index is 0.154. The topological polar surface area (TPSA) is 17.1 Å². The summed E-state index contributed by atoms with van der Waals surface area (Å²) in [5.74, 6) is 0.154. The van der Waals surface area contributed by atoms with E-state index in [1.807, 2.05) is 39.8 Å². The highest BCUT2D eigenvalue weighted by molar-refractivity contribution is 6.31. The second-order valence-electron chi connectivity index (χ2n) is 2.98. The van der Waals surface area contributed by atoms with Crippen LogP contribution in [0.15, 0.2) is 34.4 Å². The Morgan fingerprint density at radius 2 is 1.86 bits per heavy atom. The van der Waals surface area contributed by atoms with E-state index >= 15 is 0 Å². The van der Waals surface area contributed by atoms with Gasteiger partial charge in [0.25, 0.3) is 0 Å². The Labute approximate surface area is 91.1 Å². The maximum Gasteiger partial charge on any atom is 0.162 e. The number of rotatable bonds is 4. The standard InChI is InChI=1S/C12H17ClO/c1-5-10(13)8-9(4)11(6-2)12(14)7-3/h5-6,8H,7H2,1-4H3/b9-8-,10-5+,11-6+. The van der Waals surface area contributed by atoms with E-state index in [1.165, 1.54) is 0 Å². The summed E-state index contributed by atoms with van der Waals surface area (Å²) in [5, 5.41) is 0.658. The van der Waals surface area contributed by atoms with Crippen molar-refractivity contribution >= 4 is 17.4 Å². The SMILES string of the molecule is C\C=C(Cl)/C=C(C)\C(=C/C)C(=O)CC. The molecule has 0 aliphatic carbocycles. The van der Waals surface area contributed by atoms with Crippen molar-refractivity contribution < 1.29 is 4.79 Å². The van der Waals surface area contributed by atoms with Crippen molar-refractivity contribution in [1.29, 1.82) is 0 Å². The van der Waals surface area contributed by atoms with E-state index in [2.05, 4.69) is 0 Å². The molecule has 1 nitrogen and oxygen atoms in total. The lowest BCUT2D eigenvalue weighted by atomic mass is 10.0. The van der Waals surface area contributed by atoms with E-state index < -0.39 is 0 Å². The third-order valence-corrected chi connectivity index (χ3v) is 2.29. The van der Waals surface area contributed by atoms with E-state index in [9.17, 15) is 4.79 Å². The molecule has 0 saturated heterocycles. The summed E-state index contributed by atoms with van der Waals surface area (Å²) in [4.78, 5) is 11.5. The highest BCUT2D eigenvalue weighted by Crippen LogP contribution is 2.16. The molecule has 0 amide bonds. The fourth-order valence-corrected chi connectivity index (χ4v) is 1.33. The number of halogens is 1. The zero-order valence-corrected chi connectivity index (χ0v) is 9.98. The van der Waals surface area contributed by atoms with E-state index in [1.54, 1.807) is 6.08 Å². The van der Waals surface area contributed by atoms with Gasteiger partial charge in [-0.2, -0.15) is 0 Å². The van der Waals surface area contributed by atoms with Crippen LogP contribution in [-0.4, -0.2) is 5.78 Å². The minimum Gasteiger partial charge on any atom is -0.294 e. The summed E-state index contributed by atoms with van der Waals surface area (Å²) in [6.45, 7) is 7.48.